The molecule has 0 saturated carbocycles. The van der Waals surface area contributed by atoms with Gasteiger partial charge in [-0.15, -0.1) is 0 Å². The molecule has 1 aromatic heterocycles. The molecule has 1 aliphatic rings. The molecule has 1 N–H and O–H groups in total. The Hall–Kier alpha value is -2.40. The van der Waals surface area contributed by atoms with E-state index in [0.717, 1.165) is 40.3 Å². The Morgan fingerprint density at radius 1 is 0.880 bits per heavy atom. The lowest BCUT2D eigenvalue weighted by atomic mass is 10.1. The molecule has 0 spiro atoms. The Labute approximate surface area is 156 Å². The van der Waals surface area contributed by atoms with Gasteiger partial charge in [-0.05, 0) is 31.0 Å². The number of hydrogen-bond acceptors (Lipinski definition) is 4. The highest BCUT2D eigenvalue weighted by atomic mass is 79.9. The number of hydrogen-bond donors (Lipinski definition) is 1. The fourth-order valence-electron chi connectivity index (χ4n) is 3.05. The summed E-state index contributed by atoms with van der Waals surface area (Å²) in [5.41, 5.74) is 3.00. The van der Waals surface area contributed by atoms with E-state index >= 15 is 0 Å². The van der Waals surface area contributed by atoms with Gasteiger partial charge in [0, 0.05) is 34.9 Å². The molecular formula is C20H19BrN4. The van der Waals surface area contributed by atoms with Crippen LogP contribution in [0.25, 0.3) is 11.3 Å². The summed E-state index contributed by atoms with van der Waals surface area (Å²) in [5.74, 6) is 1.62. The minimum atomic E-state index is 0.626. The fraction of sp³-hybridized carbons (Fsp3) is 0.200. The van der Waals surface area contributed by atoms with E-state index in [1.807, 2.05) is 42.5 Å². The molecule has 0 amide bonds. The first-order valence-corrected chi connectivity index (χ1v) is 9.29. The number of halogens is 1. The maximum absolute atomic E-state index is 4.75. The number of benzene rings is 2. The first-order chi connectivity index (χ1) is 12.3. The molecule has 0 unspecified atom stereocenters. The van der Waals surface area contributed by atoms with E-state index in [0.29, 0.717) is 5.95 Å². The number of anilines is 3. The third kappa shape index (κ3) is 3.82. The summed E-state index contributed by atoms with van der Waals surface area (Å²) in [5, 5.41) is 3.34. The second-order valence-corrected chi connectivity index (χ2v) is 7.05. The molecule has 2 aromatic carbocycles. The van der Waals surface area contributed by atoms with Gasteiger partial charge in [-0.2, -0.15) is 4.98 Å². The molecule has 0 aliphatic carbocycles. The minimum absolute atomic E-state index is 0.626. The van der Waals surface area contributed by atoms with Gasteiger partial charge in [0.2, 0.25) is 5.95 Å². The molecule has 4 rings (SSSR count). The van der Waals surface area contributed by atoms with Crippen LogP contribution in [0.3, 0.4) is 0 Å². The highest BCUT2D eigenvalue weighted by Gasteiger charge is 2.16. The number of rotatable bonds is 4. The van der Waals surface area contributed by atoms with Crippen molar-refractivity contribution in [2.45, 2.75) is 12.8 Å². The van der Waals surface area contributed by atoms with Crippen LogP contribution in [0.15, 0.2) is 65.1 Å². The molecule has 0 radical (unpaired) electrons. The summed E-state index contributed by atoms with van der Waals surface area (Å²) < 4.78 is 1.02. The lowest BCUT2D eigenvalue weighted by Gasteiger charge is -2.18. The van der Waals surface area contributed by atoms with Crippen LogP contribution in [0.1, 0.15) is 12.8 Å². The van der Waals surface area contributed by atoms with Crippen molar-refractivity contribution in [2.75, 3.05) is 23.3 Å². The normalized spacial score (nSPS) is 13.9. The molecule has 25 heavy (non-hydrogen) atoms. The summed E-state index contributed by atoms with van der Waals surface area (Å²) in [6, 6.07) is 20.4. The maximum atomic E-state index is 4.75. The number of nitrogens with zero attached hydrogens (tertiary/aromatic N) is 3. The molecule has 1 fully saturated rings. The van der Waals surface area contributed by atoms with Crippen LogP contribution in [0, 0.1) is 0 Å². The van der Waals surface area contributed by atoms with Crippen LogP contribution in [-0.2, 0) is 0 Å². The van der Waals surface area contributed by atoms with Gasteiger partial charge in [0.05, 0.1) is 5.69 Å². The lowest BCUT2D eigenvalue weighted by molar-refractivity contribution is 0.931. The molecule has 5 heteroatoms. The van der Waals surface area contributed by atoms with Crippen molar-refractivity contribution < 1.29 is 0 Å². The van der Waals surface area contributed by atoms with Gasteiger partial charge in [0.15, 0.2) is 0 Å². The van der Waals surface area contributed by atoms with Crippen molar-refractivity contribution >= 4 is 33.4 Å². The topological polar surface area (TPSA) is 41.1 Å². The quantitative estimate of drug-likeness (QED) is 0.655. The average Bonchev–Trinajstić information content (AvgIpc) is 3.17. The maximum Gasteiger partial charge on any atom is 0.229 e. The molecule has 2 heterocycles. The van der Waals surface area contributed by atoms with Crippen molar-refractivity contribution in [1.29, 1.82) is 0 Å². The third-order valence-electron chi connectivity index (χ3n) is 4.29. The summed E-state index contributed by atoms with van der Waals surface area (Å²) in [4.78, 5) is 11.8. The van der Waals surface area contributed by atoms with Gasteiger partial charge in [-0.25, -0.2) is 4.98 Å². The molecule has 126 valence electrons. The molecule has 1 aliphatic heterocycles. The van der Waals surface area contributed by atoms with E-state index < -0.39 is 0 Å². The Balaban J connectivity index is 1.73. The largest absolute Gasteiger partial charge is 0.356 e. The van der Waals surface area contributed by atoms with E-state index in [9.17, 15) is 0 Å². The van der Waals surface area contributed by atoms with Crippen LogP contribution in [0.4, 0.5) is 17.5 Å². The van der Waals surface area contributed by atoms with E-state index in [-0.39, 0.29) is 0 Å². The van der Waals surface area contributed by atoms with E-state index in [2.05, 4.69) is 44.3 Å². The van der Waals surface area contributed by atoms with Crippen molar-refractivity contribution in [3.8, 4) is 11.3 Å². The summed E-state index contributed by atoms with van der Waals surface area (Å²) in [6.45, 7) is 2.11. The Morgan fingerprint density at radius 2 is 1.68 bits per heavy atom. The van der Waals surface area contributed by atoms with Crippen molar-refractivity contribution in [3.05, 3.63) is 65.1 Å². The predicted octanol–water partition coefficient (Wildman–Crippen LogP) is 5.25. The van der Waals surface area contributed by atoms with Crippen molar-refractivity contribution in [3.63, 3.8) is 0 Å². The predicted molar refractivity (Wildman–Crippen MR) is 106 cm³/mol. The van der Waals surface area contributed by atoms with Gasteiger partial charge in [-0.3, -0.25) is 0 Å². The molecule has 4 nitrogen and oxygen atoms in total. The third-order valence-corrected chi connectivity index (χ3v) is 4.79. The Bertz CT molecular complexity index is 861. The highest BCUT2D eigenvalue weighted by molar-refractivity contribution is 9.10. The van der Waals surface area contributed by atoms with Crippen LogP contribution in [0.5, 0.6) is 0 Å². The average molecular weight is 395 g/mol. The zero-order chi connectivity index (χ0) is 17.1. The SMILES string of the molecule is Brc1cccc(Nc2nc(-c3ccccc3)cc(N3CCCC3)n2)c1. The first kappa shape index (κ1) is 16.1. The monoisotopic (exact) mass is 394 g/mol. The zero-order valence-corrected chi connectivity index (χ0v) is 15.4. The second-order valence-electron chi connectivity index (χ2n) is 6.13. The summed E-state index contributed by atoms with van der Waals surface area (Å²) >= 11 is 3.51. The summed E-state index contributed by atoms with van der Waals surface area (Å²) in [7, 11) is 0. The lowest BCUT2D eigenvalue weighted by Crippen LogP contribution is -2.19. The van der Waals surface area contributed by atoms with Gasteiger partial charge < -0.3 is 10.2 Å². The van der Waals surface area contributed by atoms with E-state index in [1.54, 1.807) is 0 Å². The van der Waals surface area contributed by atoms with Gasteiger partial charge in [0.25, 0.3) is 0 Å². The first-order valence-electron chi connectivity index (χ1n) is 8.50. The van der Waals surface area contributed by atoms with Crippen LogP contribution in [-0.4, -0.2) is 23.1 Å². The molecular weight excluding hydrogens is 376 g/mol. The number of nitrogens with one attached hydrogen (secondary N) is 1. The van der Waals surface area contributed by atoms with Gasteiger partial charge >= 0.3 is 0 Å². The molecule has 0 atom stereocenters. The van der Waals surface area contributed by atoms with E-state index in [1.165, 1.54) is 12.8 Å². The number of aromatic nitrogens is 2. The Morgan fingerprint density at radius 3 is 2.44 bits per heavy atom. The van der Waals surface area contributed by atoms with Crippen molar-refractivity contribution in [2.24, 2.45) is 0 Å². The minimum Gasteiger partial charge on any atom is -0.356 e. The standard InChI is InChI=1S/C20H19BrN4/c21-16-9-6-10-17(13-16)22-20-23-18(15-7-2-1-3-8-15)14-19(24-20)25-11-4-5-12-25/h1-3,6-10,13-14H,4-5,11-12H2,(H,22,23,24). The zero-order valence-electron chi connectivity index (χ0n) is 13.8. The molecule has 3 aromatic rings. The molecule has 0 bridgehead atoms. The fourth-order valence-corrected chi connectivity index (χ4v) is 3.45. The van der Waals surface area contributed by atoms with Gasteiger partial charge in [0.1, 0.15) is 5.82 Å². The second kappa shape index (κ2) is 7.23. The van der Waals surface area contributed by atoms with E-state index in [4.69, 9.17) is 9.97 Å². The Kier molecular flexibility index (Phi) is 4.65. The molecule has 1 saturated heterocycles. The van der Waals surface area contributed by atoms with Gasteiger partial charge in [-0.1, -0.05) is 52.3 Å². The van der Waals surface area contributed by atoms with Crippen molar-refractivity contribution in [1.82, 2.24) is 9.97 Å². The van der Waals surface area contributed by atoms with Crippen LogP contribution in [0.2, 0.25) is 0 Å². The highest BCUT2D eigenvalue weighted by Crippen LogP contribution is 2.27. The van der Waals surface area contributed by atoms with Crippen LogP contribution >= 0.6 is 15.9 Å². The summed E-state index contributed by atoms with van der Waals surface area (Å²) in [6.07, 6.45) is 2.44. The van der Waals surface area contributed by atoms with Crippen LogP contribution < -0.4 is 10.2 Å². The smallest absolute Gasteiger partial charge is 0.229 e.